The Balaban J connectivity index is 1.94. The van der Waals surface area contributed by atoms with Crippen molar-refractivity contribution in [3.8, 4) is 16.3 Å². The maximum atomic E-state index is 5.53. The van der Waals surface area contributed by atoms with E-state index in [1.807, 2.05) is 30.4 Å². The van der Waals surface area contributed by atoms with Crippen LogP contribution in [0.3, 0.4) is 0 Å². The van der Waals surface area contributed by atoms with Crippen LogP contribution in [0, 0.1) is 0 Å². The monoisotopic (exact) mass is 260 g/mol. The molecule has 0 unspecified atom stereocenters. The zero-order chi connectivity index (χ0) is 12.4. The molecule has 94 valence electrons. The third kappa shape index (κ3) is 2.26. The van der Waals surface area contributed by atoms with Crippen molar-refractivity contribution in [3.05, 3.63) is 34.8 Å². The summed E-state index contributed by atoms with van der Waals surface area (Å²) >= 11 is 1.81. The van der Waals surface area contributed by atoms with Crippen molar-refractivity contribution >= 4 is 11.3 Å². The molecule has 0 spiro atoms. The fourth-order valence-corrected chi connectivity index (χ4v) is 3.21. The molecule has 1 N–H and O–H groups in total. The van der Waals surface area contributed by atoms with E-state index < -0.39 is 0 Å². The Morgan fingerprint density at radius 3 is 3.22 bits per heavy atom. The van der Waals surface area contributed by atoms with Crippen LogP contribution in [0.1, 0.15) is 17.5 Å². The van der Waals surface area contributed by atoms with Crippen molar-refractivity contribution in [2.24, 2.45) is 0 Å². The molecule has 0 bridgehead atoms. The van der Waals surface area contributed by atoms with Crippen LogP contribution < -0.4 is 10.1 Å². The summed E-state index contributed by atoms with van der Waals surface area (Å²) in [6, 6.07) is 8.18. The van der Waals surface area contributed by atoms with Crippen molar-refractivity contribution in [2.45, 2.75) is 19.9 Å². The van der Waals surface area contributed by atoms with Gasteiger partial charge in [-0.2, -0.15) is 0 Å². The topological polar surface area (TPSA) is 34.1 Å². The Kier molecular flexibility index (Phi) is 3.30. The Morgan fingerprint density at radius 2 is 2.39 bits per heavy atom. The minimum Gasteiger partial charge on any atom is -0.494 e. The van der Waals surface area contributed by atoms with Crippen LogP contribution in [0.4, 0.5) is 0 Å². The molecular weight excluding hydrogens is 244 g/mol. The van der Waals surface area contributed by atoms with Gasteiger partial charge in [-0.1, -0.05) is 12.1 Å². The third-order valence-corrected chi connectivity index (χ3v) is 4.20. The van der Waals surface area contributed by atoms with Gasteiger partial charge in [-0.15, -0.1) is 11.3 Å². The first-order chi connectivity index (χ1) is 8.86. The Labute approximate surface area is 111 Å². The molecule has 0 radical (unpaired) electrons. The molecule has 1 aromatic carbocycles. The van der Waals surface area contributed by atoms with Gasteiger partial charge in [0.2, 0.25) is 0 Å². The van der Waals surface area contributed by atoms with Crippen molar-refractivity contribution in [1.29, 1.82) is 0 Å². The number of benzene rings is 1. The minimum absolute atomic E-state index is 0.696. The lowest BCUT2D eigenvalue weighted by Crippen LogP contribution is -2.22. The summed E-state index contributed by atoms with van der Waals surface area (Å²) < 4.78 is 5.53. The normalized spacial score (nSPS) is 14.3. The fraction of sp³-hybridized carbons (Fsp3) is 0.357. The largest absolute Gasteiger partial charge is 0.494 e. The minimum atomic E-state index is 0.696. The zero-order valence-corrected chi connectivity index (χ0v) is 11.2. The van der Waals surface area contributed by atoms with E-state index in [4.69, 9.17) is 9.72 Å². The van der Waals surface area contributed by atoms with Crippen molar-refractivity contribution < 1.29 is 4.74 Å². The van der Waals surface area contributed by atoms with E-state index in [0.717, 1.165) is 35.8 Å². The van der Waals surface area contributed by atoms with E-state index in [-0.39, 0.29) is 0 Å². The number of ether oxygens (including phenoxy) is 1. The number of fused-ring (bicyclic) bond motifs is 1. The second kappa shape index (κ2) is 5.08. The third-order valence-electron chi connectivity index (χ3n) is 2.99. The zero-order valence-electron chi connectivity index (χ0n) is 10.4. The SMILES string of the molecule is CCOc1cccc(-c2nc3c(s2)CCNC3)c1. The summed E-state index contributed by atoms with van der Waals surface area (Å²) in [6.07, 6.45) is 1.10. The first kappa shape index (κ1) is 11.7. The molecule has 1 aromatic heterocycles. The number of hydrogen-bond acceptors (Lipinski definition) is 4. The van der Waals surface area contributed by atoms with Gasteiger partial charge in [-0.3, -0.25) is 0 Å². The number of thiazole rings is 1. The van der Waals surface area contributed by atoms with Gasteiger partial charge in [0.25, 0.3) is 0 Å². The molecule has 2 aromatic rings. The van der Waals surface area contributed by atoms with E-state index >= 15 is 0 Å². The quantitative estimate of drug-likeness (QED) is 0.921. The molecule has 0 atom stereocenters. The van der Waals surface area contributed by atoms with Crippen molar-refractivity contribution in [1.82, 2.24) is 10.3 Å². The van der Waals surface area contributed by atoms with Crippen molar-refractivity contribution in [3.63, 3.8) is 0 Å². The molecular formula is C14H16N2OS. The van der Waals surface area contributed by atoms with Crippen LogP contribution in [0.25, 0.3) is 10.6 Å². The van der Waals surface area contributed by atoms with Gasteiger partial charge < -0.3 is 10.1 Å². The summed E-state index contributed by atoms with van der Waals surface area (Å²) in [5, 5.41) is 4.46. The Hall–Kier alpha value is -1.39. The second-order valence-corrected chi connectivity index (χ2v) is 5.36. The predicted octanol–water partition coefficient (Wildman–Crippen LogP) is 2.85. The van der Waals surface area contributed by atoms with E-state index in [2.05, 4.69) is 17.4 Å². The standard InChI is InChI=1S/C14H16N2OS/c1-2-17-11-5-3-4-10(8-11)14-16-12-9-15-7-6-13(12)18-14/h3-5,8,15H,2,6-7,9H2,1H3. The molecule has 18 heavy (non-hydrogen) atoms. The number of rotatable bonds is 3. The van der Waals surface area contributed by atoms with Gasteiger partial charge in [0.15, 0.2) is 0 Å². The van der Waals surface area contributed by atoms with E-state index in [0.29, 0.717) is 6.61 Å². The Bertz CT molecular complexity index is 527. The van der Waals surface area contributed by atoms with Gasteiger partial charge in [-0.05, 0) is 25.5 Å². The van der Waals surface area contributed by atoms with E-state index in [9.17, 15) is 0 Å². The van der Waals surface area contributed by atoms with Gasteiger partial charge >= 0.3 is 0 Å². The van der Waals surface area contributed by atoms with Crippen LogP contribution in [0.2, 0.25) is 0 Å². The van der Waals surface area contributed by atoms with Crippen LogP contribution >= 0.6 is 11.3 Å². The lowest BCUT2D eigenvalue weighted by molar-refractivity contribution is 0.340. The molecule has 0 aliphatic carbocycles. The number of aromatic nitrogens is 1. The maximum Gasteiger partial charge on any atom is 0.124 e. The Morgan fingerprint density at radius 1 is 1.44 bits per heavy atom. The number of nitrogens with one attached hydrogen (secondary N) is 1. The fourth-order valence-electron chi connectivity index (χ4n) is 2.13. The van der Waals surface area contributed by atoms with Gasteiger partial charge in [-0.25, -0.2) is 4.98 Å². The van der Waals surface area contributed by atoms with Crippen LogP contribution in [-0.2, 0) is 13.0 Å². The molecule has 0 fully saturated rings. The first-order valence-electron chi connectivity index (χ1n) is 6.29. The summed E-state index contributed by atoms with van der Waals surface area (Å²) in [5.74, 6) is 0.918. The van der Waals surface area contributed by atoms with Crippen LogP contribution in [0.5, 0.6) is 5.75 Å². The van der Waals surface area contributed by atoms with Gasteiger partial charge in [0, 0.05) is 23.5 Å². The molecule has 1 aliphatic rings. The first-order valence-corrected chi connectivity index (χ1v) is 7.11. The molecule has 0 saturated carbocycles. The molecule has 0 saturated heterocycles. The maximum absolute atomic E-state index is 5.53. The summed E-state index contributed by atoms with van der Waals surface area (Å²) in [4.78, 5) is 6.14. The molecule has 3 nitrogen and oxygen atoms in total. The summed E-state index contributed by atoms with van der Waals surface area (Å²) in [7, 11) is 0. The van der Waals surface area contributed by atoms with Crippen molar-refractivity contribution in [2.75, 3.05) is 13.2 Å². The highest BCUT2D eigenvalue weighted by Crippen LogP contribution is 2.31. The average Bonchev–Trinajstić information content (AvgIpc) is 2.83. The van der Waals surface area contributed by atoms with E-state index in [1.165, 1.54) is 10.6 Å². The number of nitrogens with zero attached hydrogens (tertiary/aromatic N) is 1. The average molecular weight is 260 g/mol. The molecule has 1 aliphatic heterocycles. The summed E-state index contributed by atoms with van der Waals surface area (Å²) in [6.45, 7) is 4.66. The van der Waals surface area contributed by atoms with E-state index in [1.54, 1.807) is 0 Å². The summed E-state index contributed by atoms with van der Waals surface area (Å²) in [5.41, 5.74) is 2.36. The number of hydrogen-bond donors (Lipinski definition) is 1. The second-order valence-electron chi connectivity index (χ2n) is 4.28. The smallest absolute Gasteiger partial charge is 0.124 e. The van der Waals surface area contributed by atoms with Crippen LogP contribution in [0.15, 0.2) is 24.3 Å². The van der Waals surface area contributed by atoms with Gasteiger partial charge in [0.1, 0.15) is 10.8 Å². The highest BCUT2D eigenvalue weighted by molar-refractivity contribution is 7.15. The van der Waals surface area contributed by atoms with Gasteiger partial charge in [0.05, 0.1) is 12.3 Å². The van der Waals surface area contributed by atoms with Crippen LogP contribution in [-0.4, -0.2) is 18.1 Å². The lowest BCUT2D eigenvalue weighted by Gasteiger charge is -2.09. The predicted molar refractivity (Wildman–Crippen MR) is 74.1 cm³/mol. The molecule has 2 heterocycles. The molecule has 0 amide bonds. The lowest BCUT2D eigenvalue weighted by atomic mass is 10.2. The molecule has 3 rings (SSSR count). The highest BCUT2D eigenvalue weighted by atomic mass is 32.1. The molecule has 4 heteroatoms. The highest BCUT2D eigenvalue weighted by Gasteiger charge is 2.15.